The standard InChI is InChI=1S/C16H32O2.C6H14N2.C2H2O4.C2H4O2.Pt/c1-2-3-4-5-6-7-8-9-10-11-12-13-14-15-16(17)18;7-5-3-1-2-4-6(5)8;3-1(4)2(5)6;1-2(3)4;/h2-15H2,1H3,(H,17,18);5-6H,1-4,7-8H2;(H,3,4)(H,5,6);1H3,(H,3,4);/q;;;;+4/p-4/t;5-,6-;;;/m.1.../s1. The molecule has 0 unspecified atom stereocenters. The first-order chi connectivity index (χ1) is 16.9. The predicted molar refractivity (Wildman–Crippen MR) is 130 cm³/mol. The van der Waals surface area contributed by atoms with Crippen LogP contribution in [-0.2, 0) is 40.2 Å². The molecule has 0 radical (unpaired) electrons. The number of unbranched alkanes of at least 4 members (excludes halogenated alkanes) is 12. The molecule has 0 bridgehead atoms. The smallest absolute Gasteiger partial charge is 0.550 e. The third kappa shape index (κ3) is 44.9. The van der Waals surface area contributed by atoms with Gasteiger partial charge in [-0.25, -0.2) is 0 Å². The molecule has 0 heterocycles. The van der Waals surface area contributed by atoms with Crippen LogP contribution in [0.1, 0.15) is 129 Å². The number of carbonyl (C=O) groups excluding carboxylic acids is 4. The van der Waals surface area contributed by atoms with E-state index >= 15 is 0 Å². The fraction of sp³-hybridized carbons (Fsp3) is 0.846. The van der Waals surface area contributed by atoms with Gasteiger partial charge in [0.2, 0.25) is 0 Å². The Morgan fingerprint density at radius 1 is 0.622 bits per heavy atom. The van der Waals surface area contributed by atoms with Crippen LogP contribution in [0.25, 0.3) is 0 Å². The molecule has 1 fully saturated rings. The number of carbonyl (C=O) groups is 4. The summed E-state index contributed by atoms with van der Waals surface area (Å²) < 4.78 is 0. The van der Waals surface area contributed by atoms with Crippen molar-refractivity contribution in [3.63, 3.8) is 0 Å². The molecule has 37 heavy (non-hydrogen) atoms. The summed E-state index contributed by atoms with van der Waals surface area (Å²) in [4.78, 5) is 36.9. The first-order valence-corrected chi connectivity index (χ1v) is 13.3. The molecule has 220 valence electrons. The van der Waals surface area contributed by atoms with Gasteiger partial charge in [0.05, 0.1) is 11.9 Å². The monoisotopic (exact) mass is 711 g/mol. The molecule has 4 N–H and O–H groups in total. The van der Waals surface area contributed by atoms with Gasteiger partial charge in [0.1, 0.15) is 0 Å². The van der Waals surface area contributed by atoms with Gasteiger partial charge in [-0.1, -0.05) is 96.8 Å². The minimum absolute atomic E-state index is 0. The van der Waals surface area contributed by atoms with Crippen LogP contribution in [0.15, 0.2) is 0 Å². The number of carboxylic acids is 4. The van der Waals surface area contributed by atoms with Gasteiger partial charge in [-0.2, -0.15) is 0 Å². The average Bonchev–Trinajstić information content (AvgIpc) is 2.79. The van der Waals surface area contributed by atoms with E-state index in [1.54, 1.807) is 0 Å². The summed E-state index contributed by atoms with van der Waals surface area (Å²) in [6, 6.07) is 0.562. The Balaban J connectivity index is -0.000000235. The van der Waals surface area contributed by atoms with Crippen molar-refractivity contribution >= 4 is 23.9 Å². The summed E-state index contributed by atoms with van der Waals surface area (Å²) in [5, 5.41) is 36.9. The fourth-order valence-corrected chi connectivity index (χ4v) is 3.48. The first-order valence-electron chi connectivity index (χ1n) is 13.3. The molecule has 1 rings (SSSR count). The van der Waals surface area contributed by atoms with Gasteiger partial charge in [0.25, 0.3) is 0 Å². The third-order valence-electron chi connectivity index (χ3n) is 5.53. The van der Waals surface area contributed by atoms with Gasteiger partial charge < -0.3 is 51.1 Å². The van der Waals surface area contributed by atoms with Crippen LogP contribution in [0, 0.1) is 0 Å². The molecular weight excluding hydrogens is 663 g/mol. The second kappa shape index (κ2) is 32.5. The van der Waals surface area contributed by atoms with Crippen molar-refractivity contribution in [2.45, 2.75) is 142 Å². The summed E-state index contributed by atoms with van der Waals surface area (Å²) in [6.45, 7) is 3.23. The summed E-state index contributed by atoms with van der Waals surface area (Å²) in [5.41, 5.74) is 11.3. The third-order valence-corrected chi connectivity index (χ3v) is 5.53. The van der Waals surface area contributed by atoms with E-state index < -0.39 is 23.9 Å². The van der Waals surface area contributed by atoms with E-state index in [-0.39, 0.29) is 39.6 Å². The van der Waals surface area contributed by atoms with Gasteiger partial charge in [0.15, 0.2) is 0 Å². The second-order valence-electron chi connectivity index (χ2n) is 9.04. The van der Waals surface area contributed by atoms with E-state index in [9.17, 15) is 9.90 Å². The van der Waals surface area contributed by atoms with Gasteiger partial charge in [-0.05, 0) is 32.6 Å². The Kier molecular flexibility index (Phi) is 37.4. The number of nitrogens with two attached hydrogens (primary N) is 2. The number of hydrogen-bond acceptors (Lipinski definition) is 10. The number of hydrogen-bond donors (Lipinski definition) is 2. The summed E-state index contributed by atoms with van der Waals surface area (Å²) in [6.07, 6.45) is 21.7. The average molecular weight is 712 g/mol. The van der Waals surface area contributed by atoms with Crippen LogP contribution in [0.4, 0.5) is 0 Å². The largest absolute Gasteiger partial charge is 4.00 e. The van der Waals surface area contributed by atoms with E-state index in [1.807, 2.05) is 0 Å². The Bertz CT molecular complexity index is 539. The maximum absolute atomic E-state index is 10.2. The van der Waals surface area contributed by atoms with Crippen LogP contribution in [-0.4, -0.2) is 36.0 Å². The normalized spacial score (nSPS) is 15.7. The van der Waals surface area contributed by atoms with Crippen molar-refractivity contribution in [2.75, 3.05) is 0 Å². The number of aliphatic carboxylic acids is 4. The Labute approximate surface area is 237 Å². The van der Waals surface area contributed by atoms with Crippen molar-refractivity contribution < 1.29 is 60.7 Å². The minimum Gasteiger partial charge on any atom is -0.550 e. The van der Waals surface area contributed by atoms with E-state index in [4.69, 9.17) is 41.2 Å². The van der Waals surface area contributed by atoms with Crippen LogP contribution in [0.2, 0.25) is 0 Å². The van der Waals surface area contributed by atoms with E-state index in [1.165, 1.54) is 83.5 Å². The fourth-order valence-electron chi connectivity index (χ4n) is 3.48. The Hall–Kier alpha value is -1.51. The molecular formula is C26H48N2O8Pt. The number of carboxylic acid groups (broad SMARTS) is 4. The molecule has 0 aromatic rings. The molecule has 0 saturated heterocycles. The van der Waals surface area contributed by atoms with Crippen LogP contribution >= 0.6 is 0 Å². The molecule has 1 saturated carbocycles. The van der Waals surface area contributed by atoms with Crippen molar-refractivity contribution in [1.82, 2.24) is 0 Å². The number of rotatable bonds is 14. The molecule has 0 aromatic heterocycles. The zero-order chi connectivity index (χ0) is 28.2. The van der Waals surface area contributed by atoms with Gasteiger partial charge in [-0.3, -0.25) is 0 Å². The molecule has 11 heteroatoms. The SMILES string of the molecule is CC(=O)[O-].CCCCCCCCCCCCCCCC(=O)[O-].N[C@@H]1CCCC[C@H]1N.O=C([O-])C(=O)[O-].[Pt+4]. The second-order valence-corrected chi connectivity index (χ2v) is 9.04. The van der Waals surface area contributed by atoms with Crippen LogP contribution in [0.5, 0.6) is 0 Å². The summed E-state index contributed by atoms with van der Waals surface area (Å²) >= 11 is 0. The Morgan fingerprint density at radius 3 is 1.11 bits per heavy atom. The van der Waals surface area contributed by atoms with Crippen molar-refractivity contribution in [2.24, 2.45) is 11.5 Å². The molecule has 0 aliphatic heterocycles. The Morgan fingerprint density at radius 2 is 0.892 bits per heavy atom. The van der Waals surface area contributed by atoms with E-state index in [0.717, 1.165) is 32.6 Å². The van der Waals surface area contributed by atoms with Crippen LogP contribution < -0.4 is 31.9 Å². The zero-order valence-corrected chi connectivity index (χ0v) is 24.9. The molecule has 1 aliphatic rings. The summed E-state index contributed by atoms with van der Waals surface area (Å²) in [7, 11) is 0. The van der Waals surface area contributed by atoms with Gasteiger partial charge >= 0.3 is 21.1 Å². The molecule has 2 atom stereocenters. The maximum Gasteiger partial charge on any atom is 4.00 e. The molecule has 1 aliphatic carbocycles. The molecule has 0 amide bonds. The van der Waals surface area contributed by atoms with E-state index in [0.29, 0.717) is 0 Å². The minimum atomic E-state index is -2.19. The predicted octanol–water partition coefficient (Wildman–Crippen LogP) is -0.327. The topological polar surface area (TPSA) is 213 Å². The summed E-state index contributed by atoms with van der Waals surface area (Å²) in [5.74, 6) is -6.36. The van der Waals surface area contributed by atoms with Crippen LogP contribution in [0.3, 0.4) is 0 Å². The first kappa shape index (κ1) is 42.6. The molecule has 0 spiro atoms. The van der Waals surface area contributed by atoms with Gasteiger partial charge in [0, 0.05) is 24.0 Å². The van der Waals surface area contributed by atoms with E-state index in [2.05, 4.69) is 6.92 Å². The van der Waals surface area contributed by atoms with Crippen molar-refractivity contribution in [1.29, 1.82) is 0 Å². The molecule has 10 nitrogen and oxygen atoms in total. The zero-order valence-electron chi connectivity index (χ0n) is 22.6. The van der Waals surface area contributed by atoms with Crippen molar-refractivity contribution in [3.8, 4) is 0 Å². The maximum atomic E-state index is 10.2. The molecule has 0 aromatic carbocycles. The van der Waals surface area contributed by atoms with Gasteiger partial charge in [-0.15, -0.1) is 0 Å². The van der Waals surface area contributed by atoms with Crippen molar-refractivity contribution in [3.05, 3.63) is 0 Å². The quantitative estimate of drug-likeness (QED) is 0.177.